The number of hydrogen-bond acceptors (Lipinski definition) is 3. The molecule has 4 nitrogen and oxygen atoms in total. The third-order valence-electron chi connectivity index (χ3n) is 4.45. The van der Waals surface area contributed by atoms with Crippen LogP contribution < -0.4 is 0 Å². The van der Waals surface area contributed by atoms with Crippen LogP contribution in [-0.2, 0) is 16.9 Å². The summed E-state index contributed by atoms with van der Waals surface area (Å²) >= 11 is 3.55. The Bertz CT molecular complexity index is 447. The van der Waals surface area contributed by atoms with Crippen LogP contribution >= 0.6 is 15.9 Å². The standard InChI is InChI=1S/C15H25BrN2O2/c1-11(2)12-5-4-6-15(19,9-12)14-13(16)10-17-18(14)7-8-20-3/h10-12,19H,4-9H2,1-3H3. The normalized spacial score (nSPS) is 27.2. The van der Waals surface area contributed by atoms with Gasteiger partial charge in [0.05, 0.1) is 29.5 Å². The molecule has 1 heterocycles. The molecule has 0 spiro atoms. The fourth-order valence-corrected chi connectivity index (χ4v) is 3.92. The van der Waals surface area contributed by atoms with E-state index in [9.17, 15) is 5.11 Å². The van der Waals surface area contributed by atoms with Gasteiger partial charge in [0.1, 0.15) is 5.60 Å². The van der Waals surface area contributed by atoms with E-state index in [-0.39, 0.29) is 0 Å². The van der Waals surface area contributed by atoms with Crippen molar-refractivity contribution in [1.82, 2.24) is 9.78 Å². The summed E-state index contributed by atoms with van der Waals surface area (Å²) in [5.41, 5.74) is 0.149. The Balaban J connectivity index is 2.26. The Hall–Kier alpha value is -0.390. The van der Waals surface area contributed by atoms with E-state index in [0.29, 0.717) is 25.0 Å². The Morgan fingerprint density at radius 2 is 2.35 bits per heavy atom. The van der Waals surface area contributed by atoms with Gasteiger partial charge in [0.15, 0.2) is 0 Å². The van der Waals surface area contributed by atoms with Gasteiger partial charge in [-0.2, -0.15) is 5.10 Å². The largest absolute Gasteiger partial charge is 0.384 e. The van der Waals surface area contributed by atoms with E-state index >= 15 is 0 Å². The SMILES string of the molecule is COCCn1ncc(Br)c1C1(O)CCCC(C(C)C)C1. The van der Waals surface area contributed by atoms with Crippen molar-refractivity contribution in [1.29, 1.82) is 0 Å². The Kier molecular flexibility index (Phi) is 5.26. The molecule has 1 fully saturated rings. The van der Waals surface area contributed by atoms with Gasteiger partial charge in [-0.1, -0.05) is 13.8 Å². The van der Waals surface area contributed by atoms with Crippen molar-refractivity contribution in [3.63, 3.8) is 0 Å². The minimum atomic E-state index is -0.768. The van der Waals surface area contributed by atoms with Crippen LogP contribution in [0.1, 0.15) is 45.2 Å². The van der Waals surface area contributed by atoms with Gasteiger partial charge in [0.2, 0.25) is 0 Å². The summed E-state index contributed by atoms with van der Waals surface area (Å²) in [6.45, 7) is 5.76. The van der Waals surface area contributed by atoms with Crippen LogP contribution in [0.5, 0.6) is 0 Å². The zero-order valence-corrected chi connectivity index (χ0v) is 14.2. The first-order valence-corrected chi connectivity index (χ1v) is 8.20. The molecule has 1 aromatic rings. The van der Waals surface area contributed by atoms with Gasteiger partial charge < -0.3 is 9.84 Å². The van der Waals surface area contributed by atoms with E-state index in [1.165, 1.54) is 6.42 Å². The van der Waals surface area contributed by atoms with E-state index < -0.39 is 5.60 Å². The van der Waals surface area contributed by atoms with Crippen LogP contribution in [0.25, 0.3) is 0 Å². The summed E-state index contributed by atoms with van der Waals surface area (Å²) in [7, 11) is 1.68. The smallest absolute Gasteiger partial charge is 0.108 e. The van der Waals surface area contributed by atoms with Crippen molar-refractivity contribution in [3.05, 3.63) is 16.4 Å². The Morgan fingerprint density at radius 1 is 1.60 bits per heavy atom. The molecule has 0 saturated heterocycles. The second-order valence-corrected chi connectivity index (χ2v) is 7.04. The van der Waals surface area contributed by atoms with Crippen molar-refractivity contribution >= 4 is 15.9 Å². The molecule has 2 unspecified atom stereocenters. The molecule has 0 radical (unpaired) electrons. The zero-order valence-electron chi connectivity index (χ0n) is 12.6. The minimum Gasteiger partial charge on any atom is -0.384 e. The molecule has 0 aliphatic heterocycles. The molecule has 1 aliphatic rings. The van der Waals surface area contributed by atoms with Crippen LogP contribution in [-0.4, -0.2) is 28.6 Å². The molecule has 0 bridgehead atoms. The lowest BCUT2D eigenvalue weighted by Crippen LogP contribution is -2.37. The molecule has 1 N–H and O–H groups in total. The number of halogens is 1. The van der Waals surface area contributed by atoms with Crippen molar-refractivity contribution in [3.8, 4) is 0 Å². The maximum absolute atomic E-state index is 11.2. The predicted octanol–water partition coefficient (Wildman–Crippen LogP) is 3.33. The lowest BCUT2D eigenvalue weighted by atomic mass is 9.72. The van der Waals surface area contributed by atoms with E-state index in [1.54, 1.807) is 13.3 Å². The van der Waals surface area contributed by atoms with Crippen LogP contribution in [0.4, 0.5) is 0 Å². The average Bonchev–Trinajstić information content (AvgIpc) is 2.78. The van der Waals surface area contributed by atoms with Crippen LogP contribution in [0, 0.1) is 11.8 Å². The van der Waals surface area contributed by atoms with Crippen molar-refractivity contribution in [2.24, 2.45) is 11.8 Å². The fourth-order valence-electron chi connectivity index (χ4n) is 3.25. The summed E-state index contributed by atoms with van der Waals surface area (Å²) < 4.78 is 7.92. The van der Waals surface area contributed by atoms with Gasteiger partial charge in [-0.05, 0) is 53.4 Å². The molecule has 5 heteroatoms. The van der Waals surface area contributed by atoms with Gasteiger partial charge in [0, 0.05) is 7.11 Å². The highest BCUT2D eigenvalue weighted by molar-refractivity contribution is 9.10. The number of methoxy groups -OCH3 is 1. The quantitative estimate of drug-likeness (QED) is 0.891. The predicted molar refractivity (Wildman–Crippen MR) is 82.5 cm³/mol. The number of hydrogen-bond donors (Lipinski definition) is 1. The molecule has 2 atom stereocenters. The summed E-state index contributed by atoms with van der Waals surface area (Å²) in [4.78, 5) is 0. The van der Waals surface area contributed by atoms with Gasteiger partial charge >= 0.3 is 0 Å². The molecular formula is C15H25BrN2O2. The number of aliphatic hydroxyl groups is 1. The zero-order chi connectivity index (χ0) is 14.8. The third-order valence-corrected chi connectivity index (χ3v) is 5.03. The summed E-state index contributed by atoms with van der Waals surface area (Å²) in [5, 5.41) is 15.6. The van der Waals surface area contributed by atoms with Gasteiger partial charge in [-0.25, -0.2) is 0 Å². The highest BCUT2D eigenvalue weighted by atomic mass is 79.9. The first-order chi connectivity index (χ1) is 9.48. The molecule has 114 valence electrons. The highest BCUT2D eigenvalue weighted by Crippen LogP contribution is 2.44. The molecule has 20 heavy (non-hydrogen) atoms. The van der Waals surface area contributed by atoms with Crippen LogP contribution in [0.3, 0.4) is 0 Å². The van der Waals surface area contributed by atoms with E-state index in [2.05, 4.69) is 34.9 Å². The summed E-state index contributed by atoms with van der Waals surface area (Å²) in [6, 6.07) is 0. The number of aromatic nitrogens is 2. The van der Waals surface area contributed by atoms with Crippen molar-refractivity contribution in [2.45, 2.75) is 51.7 Å². The van der Waals surface area contributed by atoms with E-state index in [1.807, 2.05) is 4.68 Å². The molecule has 1 aromatic heterocycles. The first-order valence-electron chi connectivity index (χ1n) is 7.41. The number of ether oxygens (including phenoxy) is 1. The lowest BCUT2D eigenvalue weighted by Gasteiger charge is -2.39. The van der Waals surface area contributed by atoms with Crippen molar-refractivity contribution in [2.75, 3.05) is 13.7 Å². The second kappa shape index (κ2) is 6.58. The monoisotopic (exact) mass is 344 g/mol. The van der Waals surface area contributed by atoms with Gasteiger partial charge in [-0.15, -0.1) is 0 Å². The van der Waals surface area contributed by atoms with E-state index in [4.69, 9.17) is 4.74 Å². The average molecular weight is 345 g/mol. The second-order valence-electron chi connectivity index (χ2n) is 6.19. The molecule has 0 amide bonds. The first kappa shape index (κ1) is 16.0. The van der Waals surface area contributed by atoms with E-state index in [0.717, 1.165) is 29.4 Å². The molecule has 0 aromatic carbocycles. The Morgan fingerprint density at radius 3 is 3.00 bits per heavy atom. The molecule has 1 aliphatic carbocycles. The summed E-state index contributed by atoms with van der Waals surface area (Å²) in [5.74, 6) is 1.18. The van der Waals surface area contributed by atoms with Gasteiger partial charge in [0.25, 0.3) is 0 Å². The van der Waals surface area contributed by atoms with Crippen molar-refractivity contribution < 1.29 is 9.84 Å². The molecule has 2 rings (SSSR count). The topological polar surface area (TPSA) is 47.3 Å². The number of rotatable bonds is 5. The molecule has 1 saturated carbocycles. The fraction of sp³-hybridized carbons (Fsp3) is 0.800. The highest BCUT2D eigenvalue weighted by Gasteiger charge is 2.40. The maximum atomic E-state index is 11.2. The van der Waals surface area contributed by atoms with Gasteiger partial charge in [-0.3, -0.25) is 4.68 Å². The maximum Gasteiger partial charge on any atom is 0.108 e. The number of nitrogens with zero attached hydrogens (tertiary/aromatic N) is 2. The lowest BCUT2D eigenvalue weighted by molar-refractivity contribution is -0.0377. The third kappa shape index (κ3) is 3.26. The minimum absolute atomic E-state index is 0.575. The van der Waals surface area contributed by atoms with Crippen LogP contribution in [0.2, 0.25) is 0 Å². The Labute approximate surface area is 129 Å². The van der Waals surface area contributed by atoms with Crippen LogP contribution in [0.15, 0.2) is 10.7 Å². The molecular weight excluding hydrogens is 320 g/mol. The summed E-state index contributed by atoms with van der Waals surface area (Å²) in [6.07, 6.45) is 5.70.